The molecule has 2 aromatic rings. The topological polar surface area (TPSA) is 38.8 Å². The van der Waals surface area contributed by atoms with Crippen LogP contribution < -0.4 is 9.64 Å². The van der Waals surface area contributed by atoms with Crippen LogP contribution in [-0.2, 0) is 4.74 Å². The third kappa shape index (κ3) is 3.48. The van der Waals surface area contributed by atoms with Crippen molar-refractivity contribution in [2.24, 2.45) is 0 Å². The highest BCUT2D eigenvalue weighted by Gasteiger charge is 2.21. The molecule has 4 rings (SSSR count). The Morgan fingerprint density at radius 3 is 2.54 bits per heavy atom. The molecule has 26 heavy (non-hydrogen) atoms. The highest BCUT2D eigenvalue weighted by molar-refractivity contribution is 6.13. The summed E-state index contributed by atoms with van der Waals surface area (Å²) in [6, 6.07) is 12.2. The summed E-state index contributed by atoms with van der Waals surface area (Å²) >= 11 is 0. The average molecular weight is 353 g/mol. The molecule has 0 atom stereocenters. The molecule has 2 aliphatic heterocycles. The Balaban J connectivity index is 1.58. The number of carbonyl (C=O) groups excluding carboxylic acids is 1. The van der Waals surface area contributed by atoms with E-state index in [-0.39, 0.29) is 5.78 Å². The number of rotatable bonds is 2. The standard InChI is InChI=1S/C21H20FNO3/c22-17-3-6-20-19(14-17)21(24)16(7-10-26-20)13-15-1-4-18(5-2-15)23-8-11-25-12-9-23/h1-6,13-14H,7-12H2/b16-13-. The number of anilines is 1. The molecule has 0 amide bonds. The Kier molecular flexibility index (Phi) is 4.71. The van der Waals surface area contributed by atoms with E-state index in [0.29, 0.717) is 29.9 Å². The van der Waals surface area contributed by atoms with E-state index in [2.05, 4.69) is 17.0 Å². The molecule has 2 aliphatic rings. The van der Waals surface area contributed by atoms with Gasteiger partial charge in [-0.3, -0.25) is 4.79 Å². The smallest absolute Gasteiger partial charge is 0.192 e. The van der Waals surface area contributed by atoms with Crippen LogP contribution in [0.3, 0.4) is 0 Å². The number of fused-ring (bicyclic) bond motifs is 1. The Morgan fingerprint density at radius 1 is 1.00 bits per heavy atom. The largest absolute Gasteiger partial charge is 0.492 e. The van der Waals surface area contributed by atoms with Gasteiger partial charge in [-0.15, -0.1) is 0 Å². The summed E-state index contributed by atoms with van der Waals surface area (Å²) in [5, 5.41) is 0. The number of benzene rings is 2. The fourth-order valence-electron chi connectivity index (χ4n) is 3.30. The van der Waals surface area contributed by atoms with Gasteiger partial charge in [0.25, 0.3) is 0 Å². The molecule has 0 bridgehead atoms. The van der Waals surface area contributed by atoms with E-state index in [1.165, 1.54) is 18.2 Å². The van der Waals surface area contributed by atoms with Crippen molar-refractivity contribution in [3.8, 4) is 5.75 Å². The number of hydrogen-bond donors (Lipinski definition) is 0. The Hall–Kier alpha value is -2.66. The van der Waals surface area contributed by atoms with Crippen molar-refractivity contribution in [3.63, 3.8) is 0 Å². The number of morpholine rings is 1. The van der Waals surface area contributed by atoms with Gasteiger partial charge < -0.3 is 14.4 Å². The van der Waals surface area contributed by atoms with Crippen LogP contribution in [0.25, 0.3) is 6.08 Å². The first-order valence-electron chi connectivity index (χ1n) is 8.81. The number of hydrogen-bond acceptors (Lipinski definition) is 4. The molecule has 4 nitrogen and oxygen atoms in total. The van der Waals surface area contributed by atoms with E-state index in [9.17, 15) is 9.18 Å². The summed E-state index contributed by atoms with van der Waals surface area (Å²) in [7, 11) is 0. The third-order valence-corrected chi connectivity index (χ3v) is 4.72. The SMILES string of the molecule is O=C1/C(=C\c2ccc(N3CCOCC3)cc2)CCOc2ccc(F)cc21. The van der Waals surface area contributed by atoms with Gasteiger partial charge in [0.05, 0.1) is 25.4 Å². The van der Waals surface area contributed by atoms with Gasteiger partial charge in [-0.05, 0) is 42.0 Å². The summed E-state index contributed by atoms with van der Waals surface area (Å²) in [6.07, 6.45) is 2.37. The van der Waals surface area contributed by atoms with Gasteiger partial charge in [0.1, 0.15) is 11.6 Å². The van der Waals surface area contributed by atoms with Crippen LogP contribution in [0.15, 0.2) is 48.0 Å². The molecule has 0 unspecified atom stereocenters. The van der Waals surface area contributed by atoms with Crippen molar-refractivity contribution >= 4 is 17.5 Å². The van der Waals surface area contributed by atoms with Crippen molar-refractivity contribution in [1.82, 2.24) is 0 Å². The zero-order chi connectivity index (χ0) is 17.9. The molecule has 2 heterocycles. The lowest BCUT2D eigenvalue weighted by molar-refractivity contribution is 0.103. The van der Waals surface area contributed by atoms with E-state index >= 15 is 0 Å². The Labute approximate surface area is 151 Å². The zero-order valence-corrected chi connectivity index (χ0v) is 14.4. The lowest BCUT2D eigenvalue weighted by Gasteiger charge is -2.28. The minimum absolute atomic E-state index is 0.172. The van der Waals surface area contributed by atoms with Crippen LogP contribution in [-0.4, -0.2) is 38.7 Å². The molecule has 0 spiro atoms. The zero-order valence-electron chi connectivity index (χ0n) is 14.4. The van der Waals surface area contributed by atoms with Gasteiger partial charge in [0.2, 0.25) is 0 Å². The van der Waals surface area contributed by atoms with E-state index in [0.717, 1.165) is 37.6 Å². The second-order valence-corrected chi connectivity index (χ2v) is 6.43. The molecule has 2 aromatic carbocycles. The molecule has 0 aliphatic carbocycles. The van der Waals surface area contributed by atoms with Crippen LogP contribution in [0.1, 0.15) is 22.3 Å². The van der Waals surface area contributed by atoms with Crippen molar-refractivity contribution in [2.75, 3.05) is 37.8 Å². The lowest BCUT2D eigenvalue weighted by Crippen LogP contribution is -2.36. The molecule has 134 valence electrons. The molecule has 0 radical (unpaired) electrons. The van der Waals surface area contributed by atoms with Crippen LogP contribution >= 0.6 is 0 Å². The summed E-state index contributed by atoms with van der Waals surface area (Å²) < 4.78 is 24.5. The highest BCUT2D eigenvalue weighted by atomic mass is 19.1. The first kappa shape index (κ1) is 16.8. The maximum atomic E-state index is 13.5. The predicted molar refractivity (Wildman–Crippen MR) is 98.3 cm³/mol. The number of carbonyl (C=O) groups is 1. The first-order chi connectivity index (χ1) is 12.7. The van der Waals surface area contributed by atoms with Crippen molar-refractivity contribution < 1.29 is 18.7 Å². The molecule has 0 aromatic heterocycles. The maximum Gasteiger partial charge on any atom is 0.192 e. The average Bonchev–Trinajstić information content (AvgIpc) is 2.83. The minimum Gasteiger partial charge on any atom is -0.492 e. The highest BCUT2D eigenvalue weighted by Crippen LogP contribution is 2.28. The fourth-order valence-corrected chi connectivity index (χ4v) is 3.30. The normalized spacial score (nSPS) is 19.0. The second kappa shape index (κ2) is 7.30. The van der Waals surface area contributed by atoms with Crippen LogP contribution in [0.4, 0.5) is 10.1 Å². The van der Waals surface area contributed by atoms with E-state index < -0.39 is 5.82 Å². The monoisotopic (exact) mass is 353 g/mol. The number of ketones is 1. The maximum absolute atomic E-state index is 13.5. The number of ether oxygens (including phenoxy) is 2. The van der Waals surface area contributed by atoms with Gasteiger partial charge in [-0.25, -0.2) is 4.39 Å². The first-order valence-corrected chi connectivity index (χ1v) is 8.81. The van der Waals surface area contributed by atoms with Gasteiger partial charge in [-0.2, -0.15) is 0 Å². The Morgan fingerprint density at radius 2 is 1.77 bits per heavy atom. The third-order valence-electron chi connectivity index (χ3n) is 4.72. The van der Waals surface area contributed by atoms with Crippen LogP contribution in [0.5, 0.6) is 5.75 Å². The molecule has 0 N–H and O–H groups in total. The van der Waals surface area contributed by atoms with E-state index in [1.807, 2.05) is 18.2 Å². The van der Waals surface area contributed by atoms with E-state index in [1.54, 1.807) is 0 Å². The second-order valence-electron chi connectivity index (χ2n) is 6.43. The molecule has 0 saturated carbocycles. The van der Waals surface area contributed by atoms with Crippen molar-refractivity contribution in [1.29, 1.82) is 0 Å². The quantitative estimate of drug-likeness (QED) is 0.772. The van der Waals surface area contributed by atoms with Gasteiger partial charge in [-0.1, -0.05) is 12.1 Å². The van der Waals surface area contributed by atoms with Gasteiger partial charge in [0, 0.05) is 30.8 Å². The number of Topliss-reactive ketones (excluding diaryl/α,β-unsaturated/α-hetero) is 1. The van der Waals surface area contributed by atoms with Crippen LogP contribution in [0, 0.1) is 5.82 Å². The van der Waals surface area contributed by atoms with Gasteiger partial charge >= 0.3 is 0 Å². The number of halogens is 1. The van der Waals surface area contributed by atoms with E-state index in [4.69, 9.17) is 9.47 Å². The van der Waals surface area contributed by atoms with Crippen molar-refractivity contribution in [2.45, 2.75) is 6.42 Å². The summed E-state index contributed by atoms with van der Waals surface area (Å²) in [5.74, 6) is -0.159. The Bertz CT molecular complexity index is 839. The lowest BCUT2D eigenvalue weighted by atomic mass is 9.99. The number of nitrogens with zero attached hydrogens (tertiary/aromatic N) is 1. The van der Waals surface area contributed by atoms with Crippen molar-refractivity contribution in [3.05, 3.63) is 65.0 Å². The summed E-state index contributed by atoms with van der Waals surface area (Å²) in [6.45, 7) is 3.67. The van der Waals surface area contributed by atoms with Crippen LogP contribution in [0.2, 0.25) is 0 Å². The molecule has 5 heteroatoms. The van der Waals surface area contributed by atoms with Gasteiger partial charge in [0.15, 0.2) is 5.78 Å². The summed E-state index contributed by atoms with van der Waals surface area (Å²) in [5.41, 5.74) is 3.02. The molecular formula is C21H20FNO3. The fraction of sp³-hybridized carbons (Fsp3) is 0.286. The molecular weight excluding hydrogens is 333 g/mol. The predicted octanol–water partition coefficient (Wildman–Crippen LogP) is 3.71. The molecule has 1 fully saturated rings. The minimum atomic E-state index is -0.434. The molecule has 1 saturated heterocycles. The summed E-state index contributed by atoms with van der Waals surface area (Å²) in [4.78, 5) is 15.1.